The number of hydrogen-bond acceptors (Lipinski definition) is 2. The monoisotopic (exact) mass is 184 g/mol. The molecule has 0 radical (unpaired) electrons. The maximum Gasteiger partial charge on any atom is 0.424 e. The minimum Gasteiger partial charge on any atom is -0.374 e. The molecular weight excluding hydrogens is 173 g/mol. The zero-order chi connectivity index (χ0) is 9.99. The first-order valence-electron chi connectivity index (χ1n) is 3.48. The lowest BCUT2D eigenvalue weighted by atomic mass is 9.93. The summed E-state index contributed by atoms with van der Waals surface area (Å²) < 4.78 is 36.0. The van der Waals surface area contributed by atoms with Gasteiger partial charge in [0.25, 0.3) is 0 Å². The summed E-state index contributed by atoms with van der Waals surface area (Å²) in [5, 5.41) is 8.83. The Kier molecular flexibility index (Phi) is 3.26. The molecule has 12 heavy (non-hydrogen) atoms. The molecule has 0 bridgehead atoms. The lowest BCUT2D eigenvalue weighted by molar-refractivity contribution is -0.248. The third kappa shape index (κ3) is 2.48. The lowest BCUT2D eigenvalue weighted by Gasteiger charge is -2.26. The van der Waals surface area contributed by atoms with Gasteiger partial charge in [-0.2, -0.15) is 13.2 Å². The molecule has 0 aliphatic carbocycles. The van der Waals surface area contributed by atoms with Gasteiger partial charge in [0.15, 0.2) is 6.29 Å². The van der Waals surface area contributed by atoms with Gasteiger partial charge in [0.1, 0.15) is 0 Å². The normalized spacial score (nSPS) is 17.6. The van der Waals surface area contributed by atoms with E-state index < -0.39 is 24.5 Å². The molecule has 0 aromatic heterocycles. The summed E-state index contributed by atoms with van der Waals surface area (Å²) in [5.41, 5.74) is -3.18. The molecular formula is C7H11F3O2. The Hall–Kier alpha value is -0.580. The van der Waals surface area contributed by atoms with Crippen LogP contribution in [0.2, 0.25) is 0 Å². The van der Waals surface area contributed by atoms with Crippen LogP contribution >= 0.6 is 0 Å². The Morgan fingerprint density at radius 3 is 1.92 bits per heavy atom. The SMILES string of the molecule is CC(C)CC(O)(C=O)C(F)(F)F. The van der Waals surface area contributed by atoms with Gasteiger partial charge in [0, 0.05) is 0 Å². The average molecular weight is 184 g/mol. The summed E-state index contributed by atoms with van der Waals surface area (Å²) in [6, 6.07) is 0. The summed E-state index contributed by atoms with van der Waals surface area (Å²) in [6.07, 6.45) is -5.92. The predicted octanol–water partition coefficient (Wildman–Crippen LogP) is 1.52. The molecule has 1 N–H and O–H groups in total. The number of rotatable bonds is 3. The number of carbonyl (C=O) groups is 1. The fourth-order valence-corrected chi connectivity index (χ4v) is 0.853. The molecule has 0 amide bonds. The first kappa shape index (κ1) is 11.4. The van der Waals surface area contributed by atoms with Crippen molar-refractivity contribution in [1.29, 1.82) is 0 Å². The Labute approximate surface area is 68.4 Å². The van der Waals surface area contributed by atoms with Gasteiger partial charge in [-0.05, 0) is 12.3 Å². The van der Waals surface area contributed by atoms with E-state index in [-0.39, 0.29) is 5.92 Å². The molecule has 0 spiro atoms. The highest BCUT2D eigenvalue weighted by atomic mass is 19.4. The van der Waals surface area contributed by atoms with Crippen molar-refractivity contribution < 1.29 is 23.1 Å². The summed E-state index contributed by atoms with van der Waals surface area (Å²) in [6.45, 7) is 3.00. The van der Waals surface area contributed by atoms with Crippen LogP contribution in [0, 0.1) is 5.92 Å². The summed E-state index contributed by atoms with van der Waals surface area (Å²) in [7, 11) is 0. The van der Waals surface area contributed by atoms with E-state index in [0.29, 0.717) is 0 Å². The minimum atomic E-state index is -4.88. The topological polar surface area (TPSA) is 37.3 Å². The molecule has 0 saturated carbocycles. The van der Waals surface area contributed by atoms with Crippen molar-refractivity contribution in [2.24, 2.45) is 5.92 Å². The molecule has 5 heteroatoms. The van der Waals surface area contributed by atoms with Crippen LogP contribution in [0.4, 0.5) is 13.2 Å². The zero-order valence-corrected chi connectivity index (χ0v) is 6.85. The maximum atomic E-state index is 12.0. The first-order chi connectivity index (χ1) is 5.23. The van der Waals surface area contributed by atoms with Crippen LogP contribution in [0.15, 0.2) is 0 Å². The van der Waals surface area contributed by atoms with Crippen LogP contribution in [-0.4, -0.2) is 23.2 Å². The van der Waals surface area contributed by atoms with E-state index >= 15 is 0 Å². The quantitative estimate of drug-likeness (QED) is 0.675. The number of aldehydes is 1. The number of carbonyl (C=O) groups excluding carboxylic acids is 1. The van der Waals surface area contributed by atoms with Crippen molar-refractivity contribution >= 4 is 6.29 Å². The molecule has 0 aliphatic rings. The van der Waals surface area contributed by atoms with Gasteiger partial charge < -0.3 is 5.11 Å². The van der Waals surface area contributed by atoms with E-state index in [9.17, 15) is 18.0 Å². The van der Waals surface area contributed by atoms with Gasteiger partial charge >= 0.3 is 6.18 Å². The fraction of sp³-hybridized carbons (Fsp3) is 0.857. The molecule has 0 fully saturated rings. The minimum absolute atomic E-state index is 0.387. The van der Waals surface area contributed by atoms with E-state index in [1.807, 2.05) is 0 Å². The molecule has 0 aromatic rings. The van der Waals surface area contributed by atoms with E-state index in [0.717, 1.165) is 0 Å². The van der Waals surface area contributed by atoms with E-state index in [4.69, 9.17) is 5.11 Å². The number of alkyl halides is 3. The Balaban J connectivity index is 4.57. The van der Waals surface area contributed by atoms with E-state index in [2.05, 4.69) is 0 Å². The highest BCUT2D eigenvalue weighted by molar-refractivity contribution is 5.63. The second-order valence-electron chi connectivity index (χ2n) is 3.14. The van der Waals surface area contributed by atoms with Crippen LogP contribution in [-0.2, 0) is 4.79 Å². The fourth-order valence-electron chi connectivity index (χ4n) is 0.853. The van der Waals surface area contributed by atoms with Crippen LogP contribution in [0.25, 0.3) is 0 Å². The van der Waals surface area contributed by atoms with Gasteiger partial charge in [0.2, 0.25) is 5.60 Å². The molecule has 72 valence electrons. The molecule has 0 heterocycles. The van der Waals surface area contributed by atoms with Crippen molar-refractivity contribution in [3.05, 3.63) is 0 Å². The van der Waals surface area contributed by atoms with Gasteiger partial charge in [-0.25, -0.2) is 0 Å². The Morgan fingerprint density at radius 2 is 1.83 bits per heavy atom. The van der Waals surface area contributed by atoms with Crippen LogP contribution < -0.4 is 0 Å². The van der Waals surface area contributed by atoms with Crippen LogP contribution in [0.3, 0.4) is 0 Å². The highest BCUT2D eigenvalue weighted by Crippen LogP contribution is 2.33. The van der Waals surface area contributed by atoms with Gasteiger partial charge in [-0.1, -0.05) is 13.8 Å². The van der Waals surface area contributed by atoms with Gasteiger partial charge in [-0.15, -0.1) is 0 Å². The molecule has 1 atom stereocenters. The van der Waals surface area contributed by atoms with Crippen molar-refractivity contribution in [3.8, 4) is 0 Å². The van der Waals surface area contributed by atoms with E-state index in [1.54, 1.807) is 0 Å². The average Bonchev–Trinajstić information content (AvgIpc) is 1.83. The van der Waals surface area contributed by atoms with Crippen LogP contribution in [0.5, 0.6) is 0 Å². The molecule has 0 rings (SSSR count). The maximum absolute atomic E-state index is 12.0. The van der Waals surface area contributed by atoms with Crippen molar-refractivity contribution in [2.75, 3.05) is 0 Å². The largest absolute Gasteiger partial charge is 0.424 e. The second kappa shape index (κ2) is 3.43. The lowest BCUT2D eigenvalue weighted by Crippen LogP contribution is -2.47. The molecule has 0 saturated heterocycles. The van der Waals surface area contributed by atoms with Crippen molar-refractivity contribution in [1.82, 2.24) is 0 Å². The number of halogens is 3. The van der Waals surface area contributed by atoms with Gasteiger partial charge in [0.05, 0.1) is 0 Å². The summed E-state index contributed by atoms with van der Waals surface area (Å²) >= 11 is 0. The van der Waals surface area contributed by atoms with Crippen LogP contribution in [0.1, 0.15) is 20.3 Å². The number of hydrogen-bond donors (Lipinski definition) is 1. The van der Waals surface area contributed by atoms with E-state index in [1.165, 1.54) is 13.8 Å². The number of aliphatic hydroxyl groups is 1. The standard InChI is InChI=1S/C7H11F3O2/c1-5(2)3-6(12,4-11)7(8,9)10/h4-5,12H,3H2,1-2H3. The Bertz CT molecular complexity index is 165. The smallest absolute Gasteiger partial charge is 0.374 e. The molecule has 1 unspecified atom stereocenters. The van der Waals surface area contributed by atoms with Crippen molar-refractivity contribution in [3.63, 3.8) is 0 Å². The zero-order valence-electron chi connectivity index (χ0n) is 6.85. The Morgan fingerprint density at radius 1 is 1.42 bits per heavy atom. The first-order valence-corrected chi connectivity index (χ1v) is 3.48. The molecule has 0 aromatic carbocycles. The highest BCUT2D eigenvalue weighted by Gasteiger charge is 2.53. The third-order valence-electron chi connectivity index (χ3n) is 1.41. The third-order valence-corrected chi connectivity index (χ3v) is 1.41. The van der Waals surface area contributed by atoms with Gasteiger partial charge in [-0.3, -0.25) is 4.79 Å². The summed E-state index contributed by atoms with van der Waals surface area (Å²) in [4.78, 5) is 10.0. The molecule has 0 aliphatic heterocycles. The predicted molar refractivity (Wildman–Crippen MR) is 36.5 cm³/mol. The summed E-state index contributed by atoms with van der Waals surface area (Å²) in [5.74, 6) is -0.387. The second-order valence-corrected chi connectivity index (χ2v) is 3.14. The van der Waals surface area contributed by atoms with Crippen molar-refractivity contribution in [2.45, 2.75) is 32.0 Å². The molecule has 2 nitrogen and oxygen atoms in total.